The molecule has 1 aromatic rings. The molecule has 0 heterocycles. The van der Waals surface area contributed by atoms with Crippen molar-refractivity contribution in [2.24, 2.45) is 11.7 Å². The Labute approximate surface area is 121 Å². The maximum Gasteiger partial charge on any atom is 0.272 e. The van der Waals surface area contributed by atoms with Crippen LogP contribution in [-0.2, 0) is 0 Å². The van der Waals surface area contributed by atoms with Crippen molar-refractivity contribution in [3.8, 4) is 0 Å². The maximum absolute atomic E-state index is 10.7. The molecule has 19 heavy (non-hydrogen) atoms. The first-order valence-corrected chi connectivity index (χ1v) is 6.88. The predicted molar refractivity (Wildman–Crippen MR) is 76.9 cm³/mol. The molecular weight excluding hydrogens is 289 g/mol. The minimum atomic E-state index is -0.514. The molecule has 104 valence electrons. The first-order valence-electron chi connectivity index (χ1n) is 6.13. The van der Waals surface area contributed by atoms with Gasteiger partial charge in [0.15, 0.2) is 0 Å². The van der Waals surface area contributed by atoms with Crippen molar-refractivity contribution in [2.45, 2.75) is 25.3 Å². The topological polar surface area (TPSA) is 81.2 Å². The molecule has 1 fully saturated rings. The molecule has 0 aromatic heterocycles. The van der Waals surface area contributed by atoms with Gasteiger partial charge in [0.25, 0.3) is 5.69 Å². The number of benzene rings is 1. The molecule has 1 aliphatic carbocycles. The molecule has 1 aliphatic rings. The highest BCUT2D eigenvalue weighted by Gasteiger charge is 2.27. The molecule has 0 radical (unpaired) electrons. The molecular formula is C12H15Cl2N3O2. The number of nitrogens with zero attached hydrogens (tertiary/aromatic N) is 1. The van der Waals surface area contributed by atoms with Gasteiger partial charge in [-0.15, -0.1) is 0 Å². The number of nitro groups is 1. The third-order valence-corrected chi connectivity index (χ3v) is 4.13. The monoisotopic (exact) mass is 303 g/mol. The highest BCUT2D eigenvalue weighted by Crippen LogP contribution is 2.37. The standard InChI is InChI=1S/C12H15Cl2N3O2/c13-9-4-8(17(18)19)5-10(14)12(9)16-11-3-1-2-7(11)6-15/h4-5,7,11,16H,1-3,6,15H2. The van der Waals surface area contributed by atoms with Gasteiger partial charge in [0, 0.05) is 18.2 Å². The number of nitrogens with two attached hydrogens (primary N) is 1. The van der Waals surface area contributed by atoms with E-state index in [9.17, 15) is 10.1 Å². The van der Waals surface area contributed by atoms with Crippen LogP contribution in [0.2, 0.25) is 10.0 Å². The van der Waals surface area contributed by atoms with Gasteiger partial charge in [-0.1, -0.05) is 29.6 Å². The third kappa shape index (κ3) is 3.11. The fraction of sp³-hybridized carbons (Fsp3) is 0.500. The van der Waals surface area contributed by atoms with Crippen molar-refractivity contribution < 1.29 is 4.92 Å². The van der Waals surface area contributed by atoms with Crippen LogP contribution in [0.3, 0.4) is 0 Å². The Morgan fingerprint density at radius 3 is 2.53 bits per heavy atom. The second kappa shape index (κ2) is 5.94. The molecule has 2 rings (SSSR count). The maximum atomic E-state index is 10.7. The normalized spacial score (nSPS) is 22.5. The Morgan fingerprint density at radius 2 is 2.00 bits per heavy atom. The highest BCUT2D eigenvalue weighted by molar-refractivity contribution is 6.39. The van der Waals surface area contributed by atoms with Crippen LogP contribution >= 0.6 is 23.2 Å². The molecule has 0 spiro atoms. The summed E-state index contributed by atoms with van der Waals surface area (Å²) >= 11 is 12.1. The van der Waals surface area contributed by atoms with E-state index in [0.717, 1.165) is 19.3 Å². The van der Waals surface area contributed by atoms with E-state index in [1.54, 1.807) is 0 Å². The average molecular weight is 304 g/mol. The molecule has 5 nitrogen and oxygen atoms in total. The first kappa shape index (κ1) is 14.4. The van der Waals surface area contributed by atoms with Crippen molar-refractivity contribution >= 4 is 34.6 Å². The van der Waals surface area contributed by atoms with Crippen LogP contribution in [-0.4, -0.2) is 17.5 Å². The minimum Gasteiger partial charge on any atom is -0.380 e. The van der Waals surface area contributed by atoms with Gasteiger partial charge >= 0.3 is 0 Å². The van der Waals surface area contributed by atoms with Crippen molar-refractivity contribution in [1.29, 1.82) is 0 Å². The fourth-order valence-electron chi connectivity index (χ4n) is 2.50. The minimum absolute atomic E-state index is 0.109. The fourth-order valence-corrected chi connectivity index (χ4v) is 3.08. The predicted octanol–water partition coefficient (Wildman–Crippen LogP) is 3.44. The number of halogens is 2. The van der Waals surface area contributed by atoms with Gasteiger partial charge in [-0.05, 0) is 25.3 Å². The number of anilines is 1. The van der Waals surface area contributed by atoms with Crippen LogP contribution in [0.5, 0.6) is 0 Å². The summed E-state index contributed by atoms with van der Waals surface area (Å²) in [6.45, 7) is 0.611. The smallest absolute Gasteiger partial charge is 0.272 e. The lowest BCUT2D eigenvalue weighted by Gasteiger charge is -2.22. The zero-order chi connectivity index (χ0) is 14.0. The Balaban J connectivity index is 2.23. The van der Waals surface area contributed by atoms with Crippen LogP contribution in [0.1, 0.15) is 19.3 Å². The third-order valence-electron chi connectivity index (χ3n) is 3.53. The number of hydrogen-bond acceptors (Lipinski definition) is 4. The van der Waals surface area contributed by atoms with Crippen LogP contribution < -0.4 is 11.1 Å². The summed E-state index contributed by atoms with van der Waals surface area (Å²) in [5, 5.41) is 14.5. The molecule has 0 bridgehead atoms. The lowest BCUT2D eigenvalue weighted by atomic mass is 10.0. The molecule has 2 atom stereocenters. The Morgan fingerprint density at radius 1 is 1.37 bits per heavy atom. The van der Waals surface area contributed by atoms with Gasteiger partial charge in [0.05, 0.1) is 20.7 Å². The molecule has 3 N–H and O–H groups in total. The summed E-state index contributed by atoms with van der Waals surface area (Å²) < 4.78 is 0. The van der Waals surface area contributed by atoms with Crippen molar-refractivity contribution in [1.82, 2.24) is 0 Å². The van der Waals surface area contributed by atoms with Crippen LogP contribution in [0.15, 0.2) is 12.1 Å². The molecule has 2 unspecified atom stereocenters. The van der Waals surface area contributed by atoms with Crippen molar-refractivity contribution in [3.05, 3.63) is 32.3 Å². The van der Waals surface area contributed by atoms with Gasteiger partial charge in [0.1, 0.15) is 0 Å². The number of non-ortho nitro benzene ring substituents is 1. The van der Waals surface area contributed by atoms with E-state index in [-0.39, 0.29) is 21.8 Å². The number of rotatable bonds is 4. The first-order chi connectivity index (χ1) is 9.02. The lowest BCUT2D eigenvalue weighted by Crippen LogP contribution is -2.29. The molecule has 7 heteroatoms. The molecule has 0 amide bonds. The van der Waals surface area contributed by atoms with Gasteiger partial charge in [-0.3, -0.25) is 10.1 Å². The largest absolute Gasteiger partial charge is 0.380 e. The van der Waals surface area contributed by atoms with Gasteiger partial charge < -0.3 is 11.1 Å². The van der Waals surface area contributed by atoms with E-state index in [1.165, 1.54) is 12.1 Å². The van der Waals surface area contributed by atoms with E-state index < -0.39 is 4.92 Å². The summed E-state index contributed by atoms with van der Waals surface area (Å²) in [6, 6.07) is 2.84. The van der Waals surface area contributed by atoms with E-state index in [0.29, 0.717) is 18.2 Å². The van der Waals surface area contributed by atoms with E-state index in [2.05, 4.69) is 5.32 Å². The number of hydrogen-bond donors (Lipinski definition) is 2. The molecule has 1 saturated carbocycles. The van der Waals surface area contributed by atoms with Crippen LogP contribution in [0, 0.1) is 16.0 Å². The van der Waals surface area contributed by atoms with E-state index in [4.69, 9.17) is 28.9 Å². The van der Waals surface area contributed by atoms with Crippen LogP contribution in [0.4, 0.5) is 11.4 Å². The second-order valence-electron chi connectivity index (χ2n) is 4.72. The molecule has 0 aliphatic heterocycles. The molecule has 1 aromatic carbocycles. The number of nitro benzene ring substituents is 1. The Bertz CT molecular complexity index is 473. The zero-order valence-electron chi connectivity index (χ0n) is 10.2. The van der Waals surface area contributed by atoms with Crippen molar-refractivity contribution in [2.75, 3.05) is 11.9 Å². The quantitative estimate of drug-likeness (QED) is 0.659. The summed E-state index contributed by atoms with van der Waals surface area (Å²) in [6.07, 6.45) is 3.20. The van der Waals surface area contributed by atoms with Crippen molar-refractivity contribution in [3.63, 3.8) is 0 Å². The SMILES string of the molecule is NCC1CCCC1Nc1c(Cl)cc([N+](=O)[O-])cc1Cl. The Hall–Kier alpha value is -1.04. The average Bonchev–Trinajstić information content (AvgIpc) is 2.80. The summed E-state index contributed by atoms with van der Waals surface area (Å²) in [4.78, 5) is 10.2. The van der Waals surface area contributed by atoms with E-state index >= 15 is 0 Å². The highest BCUT2D eigenvalue weighted by atomic mass is 35.5. The zero-order valence-corrected chi connectivity index (χ0v) is 11.7. The van der Waals surface area contributed by atoms with Gasteiger partial charge in [0.2, 0.25) is 0 Å². The summed E-state index contributed by atoms with van der Waals surface area (Å²) in [5.41, 5.74) is 6.17. The number of nitrogens with one attached hydrogen (secondary N) is 1. The van der Waals surface area contributed by atoms with Crippen LogP contribution in [0.25, 0.3) is 0 Å². The van der Waals surface area contributed by atoms with E-state index in [1.807, 2.05) is 0 Å². The Kier molecular flexibility index (Phi) is 4.50. The van der Waals surface area contributed by atoms with Gasteiger partial charge in [-0.2, -0.15) is 0 Å². The molecule has 0 saturated heterocycles. The summed E-state index contributed by atoms with van der Waals surface area (Å²) in [5.74, 6) is 0.391. The lowest BCUT2D eigenvalue weighted by molar-refractivity contribution is -0.384. The summed E-state index contributed by atoms with van der Waals surface area (Å²) in [7, 11) is 0. The second-order valence-corrected chi connectivity index (χ2v) is 5.53. The van der Waals surface area contributed by atoms with Gasteiger partial charge in [-0.25, -0.2) is 0 Å².